The van der Waals surface area contributed by atoms with E-state index in [9.17, 15) is 4.39 Å². The summed E-state index contributed by atoms with van der Waals surface area (Å²) in [6.07, 6.45) is 0.678. The molecule has 0 amide bonds. The van der Waals surface area contributed by atoms with Crippen LogP contribution < -0.4 is 0 Å². The molecule has 0 N–H and O–H groups in total. The first-order valence-corrected chi connectivity index (χ1v) is 4.47. The molecule has 0 atom stereocenters. The highest BCUT2D eigenvalue weighted by Gasteiger charge is 1.99. The Labute approximate surface area is 80.2 Å². The minimum atomic E-state index is -0.152. The van der Waals surface area contributed by atoms with Crippen LogP contribution in [0.3, 0.4) is 0 Å². The van der Waals surface area contributed by atoms with Crippen LogP contribution in [0.5, 0.6) is 0 Å². The fraction of sp³-hybridized carbons (Fsp3) is 0.200. The van der Waals surface area contributed by atoms with Crippen molar-refractivity contribution < 1.29 is 4.39 Å². The predicted octanol–water partition coefficient (Wildman–Crippen LogP) is 3.59. The Hall–Kier alpha value is -0.630. The maximum atomic E-state index is 13.0. The van der Waals surface area contributed by atoms with Crippen LogP contribution in [0.25, 0.3) is 0 Å². The van der Waals surface area contributed by atoms with Crippen LogP contribution in [0, 0.1) is 12.7 Å². The molecule has 12 heavy (non-hydrogen) atoms. The Morgan fingerprint density at radius 3 is 2.75 bits per heavy atom. The molecule has 0 aliphatic rings. The first-order valence-electron chi connectivity index (χ1n) is 3.68. The van der Waals surface area contributed by atoms with E-state index in [4.69, 9.17) is 0 Å². The van der Waals surface area contributed by atoms with Gasteiger partial charge in [0, 0.05) is 6.42 Å². The zero-order chi connectivity index (χ0) is 9.14. The minimum Gasteiger partial charge on any atom is -0.207 e. The molecule has 0 fully saturated rings. The molecular weight excluding hydrogens is 219 g/mol. The van der Waals surface area contributed by atoms with E-state index >= 15 is 0 Å². The smallest absolute Gasteiger partial charge is 0.126 e. The second-order valence-electron chi connectivity index (χ2n) is 2.78. The summed E-state index contributed by atoms with van der Waals surface area (Å²) in [5.74, 6) is -0.152. The summed E-state index contributed by atoms with van der Waals surface area (Å²) in [6, 6.07) is 5.23. The summed E-state index contributed by atoms with van der Waals surface area (Å²) in [5, 5.41) is 0. The molecule has 2 heteroatoms. The number of aryl methyl sites for hydroxylation is 1. The van der Waals surface area contributed by atoms with E-state index in [1.165, 1.54) is 0 Å². The minimum absolute atomic E-state index is 0.152. The Morgan fingerprint density at radius 1 is 1.58 bits per heavy atom. The van der Waals surface area contributed by atoms with E-state index in [1.54, 1.807) is 19.1 Å². The van der Waals surface area contributed by atoms with Crippen LogP contribution in [0.15, 0.2) is 29.3 Å². The molecule has 1 rings (SSSR count). The normalized spacial score (nSPS) is 9.92. The fourth-order valence-electron chi connectivity index (χ4n) is 0.968. The third-order valence-electron chi connectivity index (χ3n) is 1.63. The molecule has 0 spiro atoms. The first-order chi connectivity index (χ1) is 5.59. The Bertz CT molecular complexity index is 305. The maximum Gasteiger partial charge on any atom is 0.126 e. The van der Waals surface area contributed by atoms with Crippen molar-refractivity contribution in [1.82, 2.24) is 0 Å². The highest BCUT2D eigenvalue weighted by molar-refractivity contribution is 9.11. The third-order valence-corrected chi connectivity index (χ3v) is 1.91. The van der Waals surface area contributed by atoms with Crippen LogP contribution in [-0.2, 0) is 6.42 Å². The van der Waals surface area contributed by atoms with Crippen molar-refractivity contribution in [1.29, 1.82) is 0 Å². The van der Waals surface area contributed by atoms with Gasteiger partial charge < -0.3 is 0 Å². The van der Waals surface area contributed by atoms with Gasteiger partial charge >= 0.3 is 0 Å². The zero-order valence-corrected chi connectivity index (χ0v) is 8.49. The standard InChI is InChI=1S/C10H10BrF/c1-7-3-4-9(5-8(2)11)6-10(7)12/h3-4,6H,2,5H2,1H3. The van der Waals surface area contributed by atoms with E-state index in [2.05, 4.69) is 22.5 Å². The summed E-state index contributed by atoms with van der Waals surface area (Å²) in [4.78, 5) is 0. The molecule has 0 bridgehead atoms. The molecule has 0 heterocycles. The Kier molecular flexibility index (Phi) is 3.04. The van der Waals surface area contributed by atoms with Crippen LogP contribution in [-0.4, -0.2) is 0 Å². The van der Waals surface area contributed by atoms with Crippen molar-refractivity contribution in [3.8, 4) is 0 Å². The van der Waals surface area contributed by atoms with Crippen molar-refractivity contribution in [3.63, 3.8) is 0 Å². The highest BCUT2D eigenvalue weighted by Crippen LogP contribution is 2.14. The number of halogens is 2. The average Bonchev–Trinajstić information content (AvgIpc) is 1.96. The molecule has 1 aromatic carbocycles. The average molecular weight is 229 g/mol. The second kappa shape index (κ2) is 3.85. The zero-order valence-electron chi connectivity index (χ0n) is 6.90. The van der Waals surface area contributed by atoms with Crippen LogP contribution in [0.4, 0.5) is 4.39 Å². The summed E-state index contributed by atoms with van der Waals surface area (Å²) < 4.78 is 13.9. The van der Waals surface area contributed by atoms with Gasteiger partial charge in [0.25, 0.3) is 0 Å². The molecule has 0 saturated heterocycles. The number of rotatable bonds is 2. The predicted molar refractivity (Wildman–Crippen MR) is 52.9 cm³/mol. The molecule has 0 aromatic heterocycles. The largest absolute Gasteiger partial charge is 0.207 e. The van der Waals surface area contributed by atoms with Crippen molar-refractivity contribution in [2.45, 2.75) is 13.3 Å². The van der Waals surface area contributed by atoms with Crippen LogP contribution in [0.1, 0.15) is 11.1 Å². The number of allylic oxidation sites excluding steroid dienone is 1. The Morgan fingerprint density at radius 2 is 2.25 bits per heavy atom. The SMILES string of the molecule is C=C(Br)Cc1ccc(C)c(F)c1. The molecule has 1 aromatic rings. The lowest BCUT2D eigenvalue weighted by Crippen LogP contribution is -1.88. The quantitative estimate of drug-likeness (QED) is 0.726. The maximum absolute atomic E-state index is 13.0. The molecule has 64 valence electrons. The molecule has 0 aliphatic heterocycles. The van der Waals surface area contributed by atoms with E-state index in [-0.39, 0.29) is 5.82 Å². The summed E-state index contributed by atoms with van der Waals surface area (Å²) in [7, 11) is 0. The summed E-state index contributed by atoms with van der Waals surface area (Å²) in [6.45, 7) is 5.45. The lowest BCUT2D eigenvalue weighted by Gasteiger charge is -2.01. The van der Waals surface area contributed by atoms with Gasteiger partial charge in [0.05, 0.1) is 0 Å². The van der Waals surface area contributed by atoms with Gasteiger partial charge in [0.15, 0.2) is 0 Å². The number of benzene rings is 1. The van der Waals surface area contributed by atoms with Gasteiger partial charge in [-0.05, 0) is 28.6 Å². The Balaban J connectivity index is 2.89. The van der Waals surface area contributed by atoms with E-state index < -0.39 is 0 Å². The summed E-state index contributed by atoms with van der Waals surface area (Å²) in [5.41, 5.74) is 1.62. The van der Waals surface area contributed by atoms with Gasteiger partial charge in [0.2, 0.25) is 0 Å². The molecular formula is C10H10BrF. The van der Waals surface area contributed by atoms with Crippen molar-refractivity contribution in [2.24, 2.45) is 0 Å². The van der Waals surface area contributed by atoms with Crippen molar-refractivity contribution >= 4 is 15.9 Å². The lowest BCUT2D eigenvalue weighted by molar-refractivity contribution is 0.617. The van der Waals surface area contributed by atoms with E-state index in [1.807, 2.05) is 6.07 Å². The third kappa shape index (κ3) is 2.45. The van der Waals surface area contributed by atoms with E-state index in [0.29, 0.717) is 12.0 Å². The van der Waals surface area contributed by atoms with Gasteiger partial charge in [0.1, 0.15) is 5.82 Å². The van der Waals surface area contributed by atoms with Gasteiger partial charge in [-0.2, -0.15) is 0 Å². The summed E-state index contributed by atoms with van der Waals surface area (Å²) >= 11 is 3.24. The fourth-order valence-corrected chi connectivity index (χ4v) is 1.29. The molecule has 0 aliphatic carbocycles. The van der Waals surface area contributed by atoms with E-state index in [0.717, 1.165) is 10.0 Å². The second-order valence-corrected chi connectivity index (χ2v) is 3.90. The topological polar surface area (TPSA) is 0 Å². The van der Waals surface area contributed by atoms with Crippen LogP contribution in [0.2, 0.25) is 0 Å². The lowest BCUT2D eigenvalue weighted by atomic mass is 10.1. The molecule has 0 saturated carbocycles. The van der Waals surface area contributed by atoms with Crippen LogP contribution >= 0.6 is 15.9 Å². The molecule has 0 nitrogen and oxygen atoms in total. The monoisotopic (exact) mass is 228 g/mol. The van der Waals surface area contributed by atoms with Gasteiger partial charge in [-0.3, -0.25) is 0 Å². The van der Waals surface area contributed by atoms with Gasteiger partial charge in [-0.1, -0.05) is 34.6 Å². The number of hydrogen-bond acceptors (Lipinski definition) is 0. The van der Waals surface area contributed by atoms with Crippen molar-refractivity contribution in [2.75, 3.05) is 0 Å². The van der Waals surface area contributed by atoms with Gasteiger partial charge in [-0.15, -0.1) is 0 Å². The molecule has 0 unspecified atom stereocenters. The highest BCUT2D eigenvalue weighted by atomic mass is 79.9. The van der Waals surface area contributed by atoms with Crippen molar-refractivity contribution in [3.05, 3.63) is 46.2 Å². The van der Waals surface area contributed by atoms with Gasteiger partial charge in [-0.25, -0.2) is 4.39 Å². The first kappa shape index (κ1) is 9.46. The molecule has 0 radical (unpaired) electrons. The number of hydrogen-bond donors (Lipinski definition) is 0.